The smallest absolute Gasteiger partial charge is 0.210 e. The Morgan fingerprint density at radius 1 is 1.23 bits per heavy atom. The van der Waals surface area contributed by atoms with E-state index in [1.807, 2.05) is 0 Å². The standard InChI is InChI=1S/C16H16ClNO3S/c17-12(13-6-3-4-10-18(13)21)8-9-15(22)16(20)11-5-1-2-7-14(11)19/h1-7,10,12,15,19,22H,8-9H2. The molecule has 2 rings (SSSR count). The highest BCUT2D eigenvalue weighted by Crippen LogP contribution is 2.27. The van der Waals surface area contributed by atoms with Crippen molar-refractivity contribution in [2.24, 2.45) is 0 Å². The van der Waals surface area contributed by atoms with E-state index in [0.717, 1.165) is 4.73 Å². The molecule has 1 aromatic heterocycles. The number of phenolic OH excluding ortho intramolecular Hbond substituents is 1. The number of Topliss-reactive ketones (excluding diaryl/α,β-unsaturated/α-hetero) is 1. The molecule has 0 aliphatic heterocycles. The molecular weight excluding hydrogens is 322 g/mol. The van der Waals surface area contributed by atoms with Crippen LogP contribution in [0.5, 0.6) is 5.75 Å². The fourth-order valence-electron chi connectivity index (χ4n) is 2.13. The molecule has 22 heavy (non-hydrogen) atoms. The van der Waals surface area contributed by atoms with E-state index in [1.54, 1.807) is 36.4 Å². The van der Waals surface area contributed by atoms with Gasteiger partial charge in [0.25, 0.3) is 0 Å². The maximum atomic E-state index is 12.2. The van der Waals surface area contributed by atoms with Crippen LogP contribution in [0.15, 0.2) is 48.7 Å². The number of alkyl halides is 1. The molecule has 2 atom stereocenters. The van der Waals surface area contributed by atoms with E-state index in [4.69, 9.17) is 11.6 Å². The zero-order chi connectivity index (χ0) is 16.1. The molecule has 0 saturated heterocycles. The van der Waals surface area contributed by atoms with Crippen molar-refractivity contribution in [1.29, 1.82) is 0 Å². The number of phenols is 1. The number of aromatic hydroxyl groups is 1. The van der Waals surface area contributed by atoms with Crippen LogP contribution in [-0.4, -0.2) is 16.1 Å². The molecule has 2 unspecified atom stereocenters. The van der Waals surface area contributed by atoms with Gasteiger partial charge in [0.2, 0.25) is 5.69 Å². The maximum absolute atomic E-state index is 12.2. The van der Waals surface area contributed by atoms with Gasteiger partial charge >= 0.3 is 0 Å². The number of hydrogen-bond acceptors (Lipinski definition) is 4. The van der Waals surface area contributed by atoms with Crippen molar-refractivity contribution < 1.29 is 14.6 Å². The van der Waals surface area contributed by atoms with E-state index in [2.05, 4.69) is 12.6 Å². The number of aromatic nitrogens is 1. The minimum Gasteiger partial charge on any atom is -0.618 e. The monoisotopic (exact) mass is 337 g/mol. The molecule has 0 aliphatic carbocycles. The number of para-hydroxylation sites is 1. The van der Waals surface area contributed by atoms with E-state index in [9.17, 15) is 15.1 Å². The minimum absolute atomic E-state index is 0.0607. The van der Waals surface area contributed by atoms with Gasteiger partial charge in [-0.25, -0.2) is 0 Å². The van der Waals surface area contributed by atoms with Crippen LogP contribution < -0.4 is 4.73 Å². The minimum atomic E-state index is -0.585. The third-order valence-corrected chi connectivity index (χ3v) is 4.28. The molecule has 116 valence electrons. The molecular formula is C16H16ClNO3S. The van der Waals surface area contributed by atoms with E-state index in [-0.39, 0.29) is 17.1 Å². The average Bonchev–Trinajstić information content (AvgIpc) is 2.52. The predicted molar refractivity (Wildman–Crippen MR) is 88.4 cm³/mol. The summed E-state index contributed by atoms with van der Waals surface area (Å²) in [6.45, 7) is 0. The first-order valence-electron chi connectivity index (χ1n) is 6.83. The number of nitrogens with zero attached hydrogens (tertiary/aromatic N) is 1. The van der Waals surface area contributed by atoms with Gasteiger partial charge in [-0.1, -0.05) is 12.1 Å². The Bertz CT molecular complexity index is 665. The Morgan fingerprint density at radius 3 is 2.59 bits per heavy atom. The van der Waals surface area contributed by atoms with Crippen molar-refractivity contribution in [2.75, 3.05) is 0 Å². The number of pyridine rings is 1. The number of halogens is 1. The molecule has 6 heteroatoms. The number of hydrogen-bond donors (Lipinski definition) is 2. The molecule has 1 heterocycles. The van der Waals surface area contributed by atoms with Gasteiger partial charge in [0.15, 0.2) is 12.0 Å². The summed E-state index contributed by atoms with van der Waals surface area (Å²) in [5.41, 5.74) is 0.687. The van der Waals surface area contributed by atoms with Gasteiger partial charge in [-0.05, 0) is 31.0 Å². The first kappa shape index (κ1) is 16.6. The zero-order valence-electron chi connectivity index (χ0n) is 11.7. The van der Waals surface area contributed by atoms with E-state index in [0.29, 0.717) is 18.5 Å². The lowest BCUT2D eigenvalue weighted by Crippen LogP contribution is -2.31. The second-order valence-electron chi connectivity index (χ2n) is 4.89. The second-order valence-corrected chi connectivity index (χ2v) is 6.04. The van der Waals surface area contributed by atoms with Crippen LogP contribution in [0.2, 0.25) is 0 Å². The fraction of sp³-hybridized carbons (Fsp3) is 0.250. The largest absolute Gasteiger partial charge is 0.618 e. The Kier molecular flexibility index (Phi) is 5.69. The number of ketones is 1. The van der Waals surface area contributed by atoms with Gasteiger partial charge in [0.05, 0.1) is 10.8 Å². The normalized spacial score (nSPS) is 13.5. The van der Waals surface area contributed by atoms with E-state index < -0.39 is 10.6 Å². The molecule has 0 fully saturated rings. The summed E-state index contributed by atoms with van der Waals surface area (Å²) in [4.78, 5) is 12.2. The lowest BCUT2D eigenvalue weighted by Gasteiger charge is -2.13. The first-order chi connectivity index (χ1) is 10.5. The average molecular weight is 338 g/mol. The molecule has 2 aromatic rings. The molecule has 0 amide bonds. The third kappa shape index (κ3) is 3.93. The van der Waals surface area contributed by atoms with E-state index in [1.165, 1.54) is 12.3 Å². The lowest BCUT2D eigenvalue weighted by atomic mass is 10.0. The van der Waals surface area contributed by atoms with Crippen LogP contribution in [0.3, 0.4) is 0 Å². The second kappa shape index (κ2) is 7.51. The highest BCUT2D eigenvalue weighted by Gasteiger charge is 2.22. The number of carbonyl (C=O) groups excluding carboxylic acids is 1. The van der Waals surface area contributed by atoms with Crippen molar-refractivity contribution >= 4 is 30.0 Å². The number of benzene rings is 1. The Hall–Kier alpha value is -1.72. The highest BCUT2D eigenvalue weighted by atomic mass is 35.5. The summed E-state index contributed by atoms with van der Waals surface area (Å²) in [5.74, 6) is -0.317. The Balaban J connectivity index is 1.98. The number of thiol groups is 1. The molecule has 0 saturated carbocycles. The molecule has 0 bridgehead atoms. The summed E-state index contributed by atoms with van der Waals surface area (Å²) >= 11 is 10.5. The highest BCUT2D eigenvalue weighted by molar-refractivity contribution is 7.81. The van der Waals surface area contributed by atoms with Crippen molar-refractivity contribution in [3.63, 3.8) is 0 Å². The van der Waals surface area contributed by atoms with Crippen LogP contribution >= 0.6 is 24.2 Å². The molecule has 0 radical (unpaired) electrons. The van der Waals surface area contributed by atoms with Gasteiger partial charge < -0.3 is 10.3 Å². The Morgan fingerprint density at radius 2 is 1.91 bits per heavy atom. The summed E-state index contributed by atoms with van der Waals surface area (Å²) in [7, 11) is 0. The number of carbonyl (C=O) groups is 1. The van der Waals surface area contributed by atoms with Crippen molar-refractivity contribution in [2.45, 2.75) is 23.5 Å². The van der Waals surface area contributed by atoms with Crippen molar-refractivity contribution in [3.05, 3.63) is 65.1 Å². The predicted octanol–water partition coefficient (Wildman–Crippen LogP) is 3.27. The fourth-order valence-corrected chi connectivity index (χ4v) is 2.71. The van der Waals surface area contributed by atoms with E-state index >= 15 is 0 Å². The summed E-state index contributed by atoms with van der Waals surface area (Å²) in [5, 5.41) is 20.2. The molecule has 0 spiro atoms. The van der Waals surface area contributed by atoms with Crippen molar-refractivity contribution in [1.82, 2.24) is 0 Å². The zero-order valence-corrected chi connectivity index (χ0v) is 13.4. The van der Waals surface area contributed by atoms with Gasteiger partial charge in [0, 0.05) is 12.1 Å². The lowest BCUT2D eigenvalue weighted by molar-refractivity contribution is -0.614. The Labute approximate surface area is 139 Å². The molecule has 1 aromatic carbocycles. The quantitative estimate of drug-likeness (QED) is 0.279. The topological polar surface area (TPSA) is 64.2 Å². The molecule has 4 nitrogen and oxygen atoms in total. The van der Waals surface area contributed by atoms with Crippen molar-refractivity contribution in [3.8, 4) is 5.75 Å². The first-order valence-corrected chi connectivity index (χ1v) is 7.78. The molecule has 1 N–H and O–H groups in total. The summed E-state index contributed by atoms with van der Waals surface area (Å²) in [6, 6.07) is 11.4. The maximum Gasteiger partial charge on any atom is 0.210 e. The van der Waals surface area contributed by atoms with Gasteiger partial charge in [0.1, 0.15) is 11.1 Å². The summed E-state index contributed by atoms with van der Waals surface area (Å²) in [6.07, 6.45) is 2.22. The number of rotatable bonds is 6. The van der Waals surface area contributed by atoms with Crippen LogP contribution in [0.4, 0.5) is 0 Å². The van der Waals surface area contributed by atoms with Gasteiger partial charge in [-0.3, -0.25) is 4.79 Å². The van der Waals surface area contributed by atoms with Crippen LogP contribution in [0.25, 0.3) is 0 Å². The third-order valence-electron chi connectivity index (χ3n) is 3.34. The van der Waals surface area contributed by atoms with Gasteiger partial charge in [-0.2, -0.15) is 17.4 Å². The summed E-state index contributed by atoms with van der Waals surface area (Å²) < 4.78 is 0.718. The molecule has 0 aliphatic rings. The van der Waals surface area contributed by atoms with Crippen LogP contribution in [0, 0.1) is 5.21 Å². The van der Waals surface area contributed by atoms with Crippen LogP contribution in [0.1, 0.15) is 34.3 Å². The van der Waals surface area contributed by atoms with Crippen LogP contribution in [-0.2, 0) is 0 Å². The SMILES string of the molecule is O=C(c1ccccc1O)C(S)CCC(Cl)c1cccc[n+]1[O-]. The van der Waals surface area contributed by atoms with Gasteiger partial charge in [-0.15, -0.1) is 11.6 Å².